The molecule has 11 rings (SSSR count). The van der Waals surface area contributed by atoms with E-state index >= 15 is 0 Å². The van der Waals surface area contributed by atoms with E-state index < -0.39 is 0 Å². The predicted octanol–water partition coefficient (Wildman–Crippen LogP) is 16.1. The normalized spacial score (nSPS) is 53.6. The Morgan fingerprint density at radius 1 is 0.375 bits per heavy atom. The van der Waals surface area contributed by atoms with Crippen molar-refractivity contribution in [2.45, 2.75) is 215 Å². The molecule has 0 saturated heterocycles. The van der Waals surface area contributed by atoms with E-state index in [1.165, 1.54) is 0 Å². The quantitative estimate of drug-likeness (QED) is 0.268. The van der Waals surface area contributed by atoms with E-state index in [2.05, 4.69) is 41.5 Å². The van der Waals surface area contributed by atoms with Crippen LogP contribution >= 0.6 is 0 Å². The lowest BCUT2D eigenvalue weighted by molar-refractivity contribution is -0.261. The number of fused-ring (bicyclic) bond motifs is 12. The van der Waals surface area contributed by atoms with E-state index in [0.29, 0.717) is 10.8 Å². The first-order valence-corrected chi connectivity index (χ1v) is 27.1. The van der Waals surface area contributed by atoms with Gasteiger partial charge < -0.3 is 0 Å². The van der Waals surface area contributed by atoms with Gasteiger partial charge in [-0.2, -0.15) is 0 Å². The van der Waals surface area contributed by atoms with Crippen LogP contribution in [0.15, 0.2) is 0 Å². The highest BCUT2D eigenvalue weighted by Crippen LogP contribution is 2.85. The molecule has 0 heteroatoms. The van der Waals surface area contributed by atoms with Gasteiger partial charge in [-0.25, -0.2) is 0 Å². The summed E-state index contributed by atoms with van der Waals surface area (Å²) in [5.41, 5.74) is 1.80. The van der Waals surface area contributed by atoms with Crippen LogP contribution in [0.4, 0.5) is 0 Å². The Bertz CT molecular complexity index is 1350. The average Bonchev–Trinajstić information content (AvgIpc) is 3.63. The first kappa shape index (κ1) is 38.9. The SMILES string of the molecule is CC1CCC2CC3C4C5C6C7CCC(C(C)(C)C)CC7CCC6C6(C5CCC4C(C)(C)C3CC2C1)C(C1CCCCC1)C(C1CCCCC1)C6C1CCCCC1. The van der Waals surface area contributed by atoms with Crippen molar-refractivity contribution in [3.63, 3.8) is 0 Å². The standard InChI is InChI=1S/C56H92/c1-34-22-23-38-32-43-47(33-40(38)30-34)55(5,6)44-28-29-46-51(50(43)44)49-42-26-25-41(54(2,3)4)31-39(42)24-27-45(49)56(46)52(36-18-12-8-13-19-36)48(35-16-10-7-11-17-35)53(56)37-20-14-9-15-21-37/h34-53H,7-33H2,1-6H3. The van der Waals surface area contributed by atoms with Crippen LogP contribution in [-0.4, -0.2) is 0 Å². The second kappa shape index (κ2) is 14.5. The van der Waals surface area contributed by atoms with Gasteiger partial charge in [0.2, 0.25) is 0 Å². The van der Waals surface area contributed by atoms with Gasteiger partial charge in [0.1, 0.15) is 0 Å². The minimum Gasteiger partial charge on any atom is -0.0625 e. The van der Waals surface area contributed by atoms with E-state index in [1.54, 1.807) is 173 Å². The Labute approximate surface area is 348 Å². The number of hydrogen-bond acceptors (Lipinski definition) is 0. The third-order valence-electron chi connectivity index (χ3n) is 23.9. The van der Waals surface area contributed by atoms with Gasteiger partial charge in [0, 0.05) is 0 Å². The first-order chi connectivity index (χ1) is 27.1. The maximum atomic E-state index is 2.89. The van der Waals surface area contributed by atoms with Gasteiger partial charge in [-0.3, -0.25) is 0 Å². The van der Waals surface area contributed by atoms with Crippen LogP contribution in [0.5, 0.6) is 0 Å². The molecule has 1 spiro atoms. The third kappa shape index (κ3) is 5.78. The Kier molecular flexibility index (Phi) is 10.1. The molecule has 0 heterocycles. The van der Waals surface area contributed by atoms with Crippen LogP contribution in [0, 0.1) is 135 Å². The van der Waals surface area contributed by atoms with E-state index in [9.17, 15) is 0 Å². The lowest BCUT2D eigenvalue weighted by Crippen LogP contribution is -2.69. The minimum absolute atomic E-state index is 0.495. The molecule has 11 aliphatic rings. The zero-order valence-corrected chi connectivity index (χ0v) is 38.1. The second-order valence-electron chi connectivity index (χ2n) is 26.8. The maximum Gasteiger partial charge on any atom is -0.0168 e. The minimum atomic E-state index is 0.495. The summed E-state index contributed by atoms with van der Waals surface area (Å²) in [7, 11) is 0. The van der Waals surface area contributed by atoms with E-state index in [4.69, 9.17) is 0 Å². The van der Waals surface area contributed by atoms with Crippen LogP contribution in [0.2, 0.25) is 0 Å². The highest BCUT2D eigenvalue weighted by Gasteiger charge is 2.80. The Morgan fingerprint density at radius 2 is 0.929 bits per heavy atom. The molecule has 0 N–H and O–H groups in total. The number of rotatable bonds is 3. The Balaban J connectivity index is 1.05. The molecule has 0 radical (unpaired) electrons. The molecule has 316 valence electrons. The molecule has 0 aromatic rings. The lowest BCUT2D eigenvalue weighted by atomic mass is 9.31. The van der Waals surface area contributed by atoms with Crippen LogP contribution in [0.3, 0.4) is 0 Å². The maximum absolute atomic E-state index is 2.89. The van der Waals surface area contributed by atoms with Crippen LogP contribution in [0.1, 0.15) is 215 Å². The van der Waals surface area contributed by atoms with Gasteiger partial charge in [-0.1, -0.05) is 144 Å². The molecule has 11 fully saturated rings. The van der Waals surface area contributed by atoms with Crippen LogP contribution < -0.4 is 0 Å². The average molecular weight is 765 g/mol. The topological polar surface area (TPSA) is 0 Å². The summed E-state index contributed by atoms with van der Waals surface area (Å²) in [5.74, 6) is 21.6. The summed E-state index contributed by atoms with van der Waals surface area (Å²) < 4.78 is 0. The van der Waals surface area contributed by atoms with Crippen molar-refractivity contribution in [1.29, 1.82) is 0 Å². The molecule has 16 unspecified atom stereocenters. The summed E-state index contributed by atoms with van der Waals surface area (Å²) in [6.45, 7) is 16.2. The Morgan fingerprint density at radius 3 is 1.57 bits per heavy atom. The second-order valence-corrected chi connectivity index (χ2v) is 26.8. The zero-order chi connectivity index (χ0) is 38.1. The number of hydrogen-bond donors (Lipinski definition) is 0. The summed E-state index contributed by atoms with van der Waals surface area (Å²) in [4.78, 5) is 0. The zero-order valence-electron chi connectivity index (χ0n) is 38.1. The molecule has 11 aliphatic carbocycles. The molecule has 11 saturated carbocycles. The molecule has 0 bridgehead atoms. The van der Waals surface area contributed by atoms with E-state index in [-0.39, 0.29) is 0 Å². The molecular formula is C56H92. The van der Waals surface area contributed by atoms with E-state index in [1.807, 2.05) is 0 Å². The van der Waals surface area contributed by atoms with E-state index in [0.717, 1.165) is 124 Å². The summed E-state index contributed by atoms with van der Waals surface area (Å²) in [5, 5.41) is 0. The molecular weight excluding hydrogens is 673 g/mol. The van der Waals surface area contributed by atoms with Gasteiger partial charge in [-0.15, -0.1) is 0 Å². The molecule has 0 nitrogen and oxygen atoms in total. The monoisotopic (exact) mass is 765 g/mol. The fourth-order valence-electron chi connectivity index (χ4n) is 22.3. The lowest BCUT2D eigenvalue weighted by Gasteiger charge is -2.73. The van der Waals surface area contributed by atoms with Crippen LogP contribution in [-0.2, 0) is 0 Å². The van der Waals surface area contributed by atoms with Gasteiger partial charge in [0.05, 0.1) is 0 Å². The van der Waals surface area contributed by atoms with Gasteiger partial charge >= 0.3 is 0 Å². The third-order valence-corrected chi connectivity index (χ3v) is 23.9. The smallest absolute Gasteiger partial charge is 0.0168 e. The molecule has 0 aromatic heterocycles. The van der Waals surface area contributed by atoms with Crippen molar-refractivity contribution in [1.82, 2.24) is 0 Å². The predicted molar refractivity (Wildman–Crippen MR) is 236 cm³/mol. The summed E-state index contributed by atoms with van der Waals surface area (Å²) >= 11 is 0. The highest BCUT2D eigenvalue weighted by atomic mass is 14.8. The summed E-state index contributed by atoms with van der Waals surface area (Å²) in [6.07, 6.45) is 43.3. The van der Waals surface area contributed by atoms with Crippen molar-refractivity contribution in [3.8, 4) is 0 Å². The highest BCUT2D eigenvalue weighted by molar-refractivity contribution is 5.27. The van der Waals surface area contributed by atoms with Crippen molar-refractivity contribution >= 4 is 0 Å². The summed E-state index contributed by atoms with van der Waals surface area (Å²) in [6, 6.07) is 0. The van der Waals surface area contributed by atoms with Gasteiger partial charge in [0.25, 0.3) is 0 Å². The Hall–Kier alpha value is 0. The fourth-order valence-corrected chi connectivity index (χ4v) is 22.3. The molecule has 0 aromatic carbocycles. The van der Waals surface area contributed by atoms with Crippen LogP contribution in [0.25, 0.3) is 0 Å². The molecule has 0 aliphatic heterocycles. The molecule has 16 atom stereocenters. The fraction of sp³-hybridized carbons (Fsp3) is 1.00. The van der Waals surface area contributed by atoms with Crippen molar-refractivity contribution in [2.75, 3.05) is 0 Å². The van der Waals surface area contributed by atoms with Crippen molar-refractivity contribution < 1.29 is 0 Å². The largest absolute Gasteiger partial charge is 0.0625 e. The molecule has 0 amide bonds. The first-order valence-electron chi connectivity index (χ1n) is 27.1. The van der Waals surface area contributed by atoms with Gasteiger partial charge in [0.15, 0.2) is 0 Å². The van der Waals surface area contributed by atoms with Crippen molar-refractivity contribution in [2.24, 2.45) is 135 Å². The van der Waals surface area contributed by atoms with Crippen molar-refractivity contribution in [3.05, 3.63) is 0 Å². The van der Waals surface area contributed by atoms with Gasteiger partial charge in [-0.05, 0) is 205 Å². The molecule has 56 heavy (non-hydrogen) atoms.